The molecule has 0 saturated carbocycles. The molecule has 30 heavy (non-hydrogen) atoms. The number of piperazine rings is 1. The smallest absolute Gasteiger partial charge is 0.337 e. The first-order valence-corrected chi connectivity index (χ1v) is 9.75. The molecular weight excluding hydrogens is 392 g/mol. The average Bonchev–Trinajstić information content (AvgIpc) is 3.32. The Bertz CT molecular complexity index is 845. The van der Waals surface area contributed by atoms with Crippen LogP contribution in [-0.2, 0) is 4.74 Å². The highest BCUT2D eigenvalue weighted by Crippen LogP contribution is 2.28. The number of aliphatic hydroxyl groups is 1. The van der Waals surface area contributed by atoms with E-state index < -0.39 is 12.1 Å². The SMILES string of the molecule is COC(=O)c1ccc(OC[C@H](O)C[NH+]2CCN(C(=O)c3ccco3)CC2)c(OC)c1. The number of benzene rings is 1. The summed E-state index contributed by atoms with van der Waals surface area (Å²) in [5.74, 6) is 0.605. The van der Waals surface area contributed by atoms with Crippen LogP contribution < -0.4 is 14.4 Å². The van der Waals surface area contributed by atoms with Gasteiger partial charge in [0.2, 0.25) is 0 Å². The minimum Gasteiger partial charge on any atom is -0.493 e. The van der Waals surface area contributed by atoms with E-state index in [1.165, 1.54) is 31.4 Å². The molecule has 1 aliphatic heterocycles. The summed E-state index contributed by atoms with van der Waals surface area (Å²) in [6.07, 6.45) is 0.806. The zero-order valence-corrected chi connectivity index (χ0v) is 17.1. The number of ether oxygens (including phenoxy) is 3. The second-order valence-corrected chi connectivity index (χ2v) is 7.05. The third kappa shape index (κ3) is 5.31. The number of esters is 1. The van der Waals surface area contributed by atoms with Crippen LogP contribution in [0, 0.1) is 0 Å². The monoisotopic (exact) mass is 419 g/mol. The first-order valence-electron chi connectivity index (χ1n) is 9.75. The van der Waals surface area contributed by atoms with E-state index in [2.05, 4.69) is 0 Å². The number of aliphatic hydroxyl groups excluding tert-OH is 1. The zero-order chi connectivity index (χ0) is 21.5. The minimum absolute atomic E-state index is 0.0898. The van der Waals surface area contributed by atoms with Crippen LogP contribution in [0.3, 0.4) is 0 Å². The number of carbonyl (C=O) groups is 2. The summed E-state index contributed by atoms with van der Waals surface area (Å²) < 4.78 is 20.8. The fourth-order valence-electron chi connectivity index (χ4n) is 3.40. The van der Waals surface area contributed by atoms with E-state index in [9.17, 15) is 14.7 Å². The van der Waals surface area contributed by atoms with Gasteiger partial charge < -0.3 is 33.5 Å². The van der Waals surface area contributed by atoms with Crippen molar-refractivity contribution < 1.29 is 38.2 Å². The van der Waals surface area contributed by atoms with Crippen molar-refractivity contribution in [2.45, 2.75) is 6.10 Å². The van der Waals surface area contributed by atoms with Gasteiger partial charge in [-0.25, -0.2) is 4.79 Å². The van der Waals surface area contributed by atoms with Crippen molar-refractivity contribution in [3.63, 3.8) is 0 Å². The molecule has 0 spiro atoms. The van der Waals surface area contributed by atoms with E-state index in [-0.39, 0.29) is 12.5 Å². The van der Waals surface area contributed by atoms with E-state index >= 15 is 0 Å². The van der Waals surface area contributed by atoms with Gasteiger partial charge in [-0.2, -0.15) is 0 Å². The number of methoxy groups -OCH3 is 2. The van der Waals surface area contributed by atoms with Crippen LogP contribution in [0.2, 0.25) is 0 Å². The highest BCUT2D eigenvalue weighted by molar-refractivity contribution is 5.91. The maximum absolute atomic E-state index is 12.3. The lowest BCUT2D eigenvalue weighted by Gasteiger charge is -2.32. The predicted octanol–water partition coefficient (Wildman–Crippen LogP) is -0.145. The lowest BCUT2D eigenvalue weighted by atomic mass is 10.2. The molecule has 9 nitrogen and oxygen atoms in total. The zero-order valence-electron chi connectivity index (χ0n) is 17.1. The minimum atomic E-state index is -0.683. The number of carbonyl (C=O) groups excluding carboxylic acids is 2. The standard InChI is InChI=1S/C21H26N2O7/c1-27-19-12-15(21(26)28-2)5-6-17(19)30-14-16(24)13-22-7-9-23(10-8-22)20(25)18-4-3-11-29-18/h3-6,11-12,16,24H,7-10,13-14H2,1-2H3/p+1/t16-/m1/s1. The maximum atomic E-state index is 12.3. The van der Waals surface area contributed by atoms with Crippen LogP contribution in [0.25, 0.3) is 0 Å². The number of amides is 1. The normalized spacial score (nSPS) is 15.5. The lowest BCUT2D eigenvalue weighted by Crippen LogP contribution is -3.16. The Kier molecular flexibility index (Phi) is 7.31. The number of quaternary nitrogens is 1. The van der Waals surface area contributed by atoms with Crippen LogP contribution in [0.15, 0.2) is 41.0 Å². The summed E-state index contributed by atoms with van der Waals surface area (Å²) in [6.45, 7) is 3.27. The molecule has 2 heterocycles. The molecule has 0 aliphatic carbocycles. The highest BCUT2D eigenvalue weighted by Gasteiger charge is 2.27. The molecule has 3 rings (SSSR count). The first-order chi connectivity index (χ1) is 14.5. The Balaban J connectivity index is 1.46. The summed E-state index contributed by atoms with van der Waals surface area (Å²) in [7, 11) is 2.79. The molecule has 1 amide bonds. The number of rotatable bonds is 8. The van der Waals surface area contributed by atoms with Crippen molar-refractivity contribution in [3.05, 3.63) is 47.9 Å². The molecule has 9 heteroatoms. The van der Waals surface area contributed by atoms with Crippen molar-refractivity contribution in [2.24, 2.45) is 0 Å². The largest absolute Gasteiger partial charge is 0.493 e. The number of furan rings is 1. The van der Waals surface area contributed by atoms with Gasteiger partial charge in [0.25, 0.3) is 5.91 Å². The van der Waals surface area contributed by atoms with Crippen molar-refractivity contribution in [1.82, 2.24) is 4.90 Å². The Morgan fingerprint density at radius 1 is 1.20 bits per heavy atom. The van der Waals surface area contributed by atoms with Gasteiger partial charge in [-0.15, -0.1) is 0 Å². The van der Waals surface area contributed by atoms with E-state index in [4.69, 9.17) is 18.6 Å². The third-order valence-electron chi connectivity index (χ3n) is 5.03. The molecule has 0 bridgehead atoms. The molecule has 2 aromatic rings. The molecule has 1 saturated heterocycles. The van der Waals surface area contributed by atoms with Crippen molar-refractivity contribution in [3.8, 4) is 11.5 Å². The van der Waals surface area contributed by atoms with Gasteiger partial charge in [0, 0.05) is 0 Å². The van der Waals surface area contributed by atoms with Gasteiger partial charge in [-0.1, -0.05) is 0 Å². The Morgan fingerprint density at radius 2 is 1.97 bits per heavy atom. The van der Waals surface area contributed by atoms with Crippen LogP contribution in [0.5, 0.6) is 11.5 Å². The Hall–Kier alpha value is -3.04. The van der Waals surface area contributed by atoms with Gasteiger partial charge in [0.05, 0.1) is 52.2 Å². The number of nitrogens with one attached hydrogen (secondary N) is 1. The maximum Gasteiger partial charge on any atom is 0.337 e. The molecule has 162 valence electrons. The average molecular weight is 419 g/mol. The van der Waals surface area contributed by atoms with Gasteiger partial charge >= 0.3 is 5.97 Å². The van der Waals surface area contributed by atoms with E-state index in [0.29, 0.717) is 42.5 Å². The number of hydrogen-bond donors (Lipinski definition) is 2. The van der Waals surface area contributed by atoms with E-state index in [1.54, 1.807) is 29.2 Å². The van der Waals surface area contributed by atoms with Crippen LogP contribution >= 0.6 is 0 Å². The van der Waals surface area contributed by atoms with Gasteiger partial charge in [-0.3, -0.25) is 4.79 Å². The fraction of sp³-hybridized carbons (Fsp3) is 0.429. The molecule has 1 aromatic carbocycles. The molecule has 0 unspecified atom stereocenters. The topological polar surface area (TPSA) is 103 Å². The van der Waals surface area contributed by atoms with Crippen LogP contribution in [0.4, 0.5) is 0 Å². The molecule has 0 radical (unpaired) electrons. The number of nitrogens with zero attached hydrogens (tertiary/aromatic N) is 1. The molecular formula is C21H27N2O7+. The lowest BCUT2D eigenvalue weighted by molar-refractivity contribution is -0.907. The quantitative estimate of drug-likeness (QED) is 0.574. The molecule has 1 atom stereocenters. The second-order valence-electron chi connectivity index (χ2n) is 7.05. The van der Waals surface area contributed by atoms with Crippen molar-refractivity contribution >= 4 is 11.9 Å². The summed E-state index contributed by atoms with van der Waals surface area (Å²) in [5.41, 5.74) is 0.355. The fourth-order valence-corrected chi connectivity index (χ4v) is 3.40. The van der Waals surface area contributed by atoms with E-state index in [0.717, 1.165) is 13.1 Å². The van der Waals surface area contributed by atoms with Crippen molar-refractivity contribution in [2.75, 3.05) is 53.6 Å². The first kappa shape index (κ1) is 21.7. The Labute approximate surface area is 174 Å². The molecule has 1 aromatic heterocycles. The summed E-state index contributed by atoms with van der Waals surface area (Å²) in [4.78, 5) is 26.9. The summed E-state index contributed by atoms with van der Waals surface area (Å²) in [6, 6.07) is 8.09. The van der Waals surface area contributed by atoms with Gasteiger partial charge in [0.15, 0.2) is 17.3 Å². The highest BCUT2D eigenvalue weighted by atomic mass is 16.5. The third-order valence-corrected chi connectivity index (χ3v) is 5.03. The van der Waals surface area contributed by atoms with Crippen molar-refractivity contribution in [1.29, 1.82) is 0 Å². The van der Waals surface area contributed by atoms with E-state index in [1.807, 2.05) is 0 Å². The van der Waals surface area contributed by atoms with Crippen LogP contribution in [-0.4, -0.2) is 81.5 Å². The summed E-state index contributed by atoms with van der Waals surface area (Å²) in [5, 5.41) is 10.4. The molecule has 1 aliphatic rings. The van der Waals surface area contributed by atoms with Crippen LogP contribution in [0.1, 0.15) is 20.9 Å². The van der Waals surface area contributed by atoms with Gasteiger partial charge in [0.1, 0.15) is 19.3 Å². The number of hydrogen-bond acceptors (Lipinski definition) is 7. The molecule has 2 N–H and O–H groups in total. The summed E-state index contributed by atoms with van der Waals surface area (Å²) >= 11 is 0. The Morgan fingerprint density at radius 3 is 2.60 bits per heavy atom. The second kappa shape index (κ2) is 10.1. The predicted molar refractivity (Wildman–Crippen MR) is 106 cm³/mol. The van der Waals surface area contributed by atoms with Gasteiger partial charge in [-0.05, 0) is 30.3 Å². The molecule has 1 fully saturated rings.